The molecule has 0 N–H and O–H groups in total. The van der Waals surface area contributed by atoms with Crippen molar-refractivity contribution in [1.82, 2.24) is 14.9 Å². The summed E-state index contributed by atoms with van der Waals surface area (Å²) in [7, 11) is 0. The summed E-state index contributed by atoms with van der Waals surface area (Å²) in [6, 6.07) is 12.7. The van der Waals surface area contributed by atoms with E-state index < -0.39 is 0 Å². The molecule has 0 atom stereocenters. The van der Waals surface area contributed by atoms with Crippen molar-refractivity contribution >= 4 is 17.5 Å². The van der Waals surface area contributed by atoms with Gasteiger partial charge in [0.1, 0.15) is 5.82 Å². The zero-order valence-corrected chi connectivity index (χ0v) is 18.3. The predicted molar refractivity (Wildman–Crippen MR) is 123 cm³/mol. The van der Waals surface area contributed by atoms with Crippen molar-refractivity contribution in [2.45, 2.75) is 24.7 Å². The van der Waals surface area contributed by atoms with Gasteiger partial charge in [-0.25, -0.2) is 14.4 Å². The number of hydrogen-bond donors (Lipinski definition) is 0. The number of rotatable bonds is 3. The molecule has 3 aromatic rings. The minimum Gasteiger partial charge on any atom is -0.378 e. The Morgan fingerprint density at radius 1 is 1.03 bits per heavy atom. The van der Waals surface area contributed by atoms with Gasteiger partial charge in [0.2, 0.25) is 5.95 Å². The third kappa shape index (κ3) is 3.38. The van der Waals surface area contributed by atoms with Gasteiger partial charge >= 0.3 is 0 Å². The second kappa shape index (κ2) is 7.92. The van der Waals surface area contributed by atoms with Crippen molar-refractivity contribution in [3.05, 3.63) is 71.8 Å². The van der Waals surface area contributed by atoms with Crippen molar-refractivity contribution in [1.29, 1.82) is 0 Å². The molecule has 1 aliphatic carbocycles. The summed E-state index contributed by atoms with van der Waals surface area (Å²) < 4.78 is 19.6. The molecule has 2 aromatic carbocycles. The highest BCUT2D eigenvalue weighted by Gasteiger charge is 2.48. The third-order valence-corrected chi connectivity index (χ3v) is 7.24. The van der Waals surface area contributed by atoms with Crippen LogP contribution in [0.5, 0.6) is 0 Å². The molecule has 1 amide bonds. The molecular weight excluding hydrogens is 419 g/mol. The second-order valence-electron chi connectivity index (χ2n) is 9.11. The molecule has 0 bridgehead atoms. The van der Waals surface area contributed by atoms with E-state index in [1.54, 1.807) is 30.6 Å². The first-order valence-corrected chi connectivity index (χ1v) is 11.5. The smallest absolute Gasteiger partial charge is 0.254 e. The summed E-state index contributed by atoms with van der Waals surface area (Å²) in [6.07, 6.45) is 6.81. The van der Waals surface area contributed by atoms with Crippen molar-refractivity contribution in [3.63, 3.8) is 0 Å². The first kappa shape index (κ1) is 20.3. The fourth-order valence-electron chi connectivity index (χ4n) is 5.26. The molecule has 1 spiro atoms. The predicted octanol–water partition coefficient (Wildman–Crippen LogP) is 4.33. The third-order valence-electron chi connectivity index (χ3n) is 7.24. The molecule has 6 nitrogen and oxygen atoms in total. The molecular formula is C26H25FN4O2. The number of amides is 1. The first-order valence-electron chi connectivity index (χ1n) is 11.5. The molecule has 3 heterocycles. The van der Waals surface area contributed by atoms with Gasteiger partial charge in [-0.2, -0.15) is 0 Å². The largest absolute Gasteiger partial charge is 0.378 e. The van der Waals surface area contributed by atoms with E-state index >= 15 is 0 Å². The maximum absolute atomic E-state index is 14.2. The lowest BCUT2D eigenvalue weighted by Gasteiger charge is -2.39. The minimum atomic E-state index is -0.292. The minimum absolute atomic E-state index is 0.0337. The van der Waals surface area contributed by atoms with Gasteiger partial charge in [0, 0.05) is 59.8 Å². The average Bonchev–Trinajstić information content (AvgIpc) is 3.20. The molecule has 3 aliphatic rings. The van der Waals surface area contributed by atoms with Crippen LogP contribution in [0.4, 0.5) is 16.0 Å². The molecule has 0 unspecified atom stereocenters. The Morgan fingerprint density at radius 2 is 1.79 bits per heavy atom. The number of ether oxygens (including phenoxy) is 1. The Hall–Kier alpha value is -3.32. The Balaban J connectivity index is 1.34. The van der Waals surface area contributed by atoms with Gasteiger partial charge in [-0.3, -0.25) is 4.79 Å². The van der Waals surface area contributed by atoms with Gasteiger partial charge < -0.3 is 14.5 Å². The SMILES string of the molecule is O=C(c1ccc2c(c1)N(c1ncc(-c3ccccc3F)cn1)CC21CCC1)N1CCOCC1. The zero-order chi connectivity index (χ0) is 22.4. The van der Waals surface area contributed by atoms with E-state index in [-0.39, 0.29) is 17.1 Å². The molecule has 1 saturated carbocycles. The first-order chi connectivity index (χ1) is 16.1. The summed E-state index contributed by atoms with van der Waals surface area (Å²) in [4.78, 5) is 26.3. The molecule has 33 heavy (non-hydrogen) atoms. The number of nitrogens with zero attached hydrogens (tertiary/aromatic N) is 4. The van der Waals surface area contributed by atoms with Gasteiger partial charge in [-0.15, -0.1) is 0 Å². The number of hydrogen-bond acceptors (Lipinski definition) is 5. The summed E-state index contributed by atoms with van der Waals surface area (Å²) in [6.45, 7) is 3.19. The number of carbonyl (C=O) groups excluding carboxylic acids is 1. The maximum Gasteiger partial charge on any atom is 0.254 e. The maximum atomic E-state index is 14.2. The summed E-state index contributed by atoms with van der Waals surface area (Å²) in [5.41, 5.74) is 4.19. The molecule has 2 fully saturated rings. The average molecular weight is 445 g/mol. The second-order valence-corrected chi connectivity index (χ2v) is 9.11. The fraction of sp³-hybridized carbons (Fsp3) is 0.346. The van der Waals surface area contributed by atoms with Crippen molar-refractivity contribution < 1.29 is 13.9 Å². The normalized spacial score (nSPS) is 18.8. The molecule has 6 rings (SSSR count). The van der Waals surface area contributed by atoms with Crippen LogP contribution in [-0.2, 0) is 10.2 Å². The van der Waals surface area contributed by atoms with Crippen LogP contribution < -0.4 is 4.90 Å². The van der Waals surface area contributed by atoms with Crippen molar-refractivity contribution in [3.8, 4) is 11.1 Å². The highest BCUT2D eigenvalue weighted by molar-refractivity contribution is 5.96. The van der Waals surface area contributed by atoms with Crippen LogP contribution in [0.3, 0.4) is 0 Å². The highest BCUT2D eigenvalue weighted by Crippen LogP contribution is 2.54. The molecule has 1 aromatic heterocycles. The van der Waals surface area contributed by atoms with Gasteiger partial charge in [0.15, 0.2) is 0 Å². The summed E-state index contributed by atoms with van der Waals surface area (Å²) >= 11 is 0. The van der Waals surface area contributed by atoms with Crippen LogP contribution in [0.25, 0.3) is 11.1 Å². The van der Waals surface area contributed by atoms with Crippen LogP contribution in [0.1, 0.15) is 35.2 Å². The molecule has 7 heteroatoms. The fourth-order valence-corrected chi connectivity index (χ4v) is 5.26. The number of carbonyl (C=O) groups is 1. The lowest BCUT2D eigenvalue weighted by molar-refractivity contribution is 0.0303. The summed E-state index contributed by atoms with van der Waals surface area (Å²) in [5, 5.41) is 0. The standard InChI is InChI=1S/C26H25FN4O2/c27-22-5-2-1-4-20(22)19-15-28-25(29-16-19)31-17-26(8-3-9-26)21-7-6-18(14-23(21)31)24(32)30-10-12-33-13-11-30/h1-2,4-7,14-16H,3,8-13,17H2. The topological polar surface area (TPSA) is 58.6 Å². The highest BCUT2D eigenvalue weighted by atomic mass is 19.1. The number of morpholine rings is 1. The van der Waals surface area contributed by atoms with Crippen molar-refractivity contribution in [2.75, 3.05) is 37.7 Å². The van der Waals surface area contributed by atoms with E-state index in [9.17, 15) is 9.18 Å². The Morgan fingerprint density at radius 3 is 2.48 bits per heavy atom. The van der Waals surface area contributed by atoms with Crippen LogP contribution >= 0.6 is 0 Å². The van der Waals surface area contributed by atoms with Gasteiger partial charge in [-0.05, 0) is 36.6 Å². The van der Waals surface area contributed by atoms with Gasteiger partial charge in [0.25, 0.3) is 5.91 Å². The Kier molecular flexibility index (Phi) is 4.87. The van der Waals surface area contributed by atoms with Gasteiger partial charge in [-0.1, -0.05) is 30.7 Å². The van der Waals surface area contributed by atoms with Gasteiger partial charge in [0.05, 0.1) is 13.2 Å². The quantitative estimate of drug-likeness (QED) is 0.602. The molecule has 0 radical (unpaired) electrons. The lowest BCUT2D eigenvalue weighted by atomic mass is 9.65. The molecule has 2 aliphatic heterocycles. The number of aromatic nitrogens is 2. The van der Waals surface area contributed by atoms with E-state index in [0.717, 1.165) is 25.1 Å². The lowest BCUT2D eigenvalue weighted by Crippen LogP contribution is -2.40. The number of halogens is 1. The van der Waals surface area contributed by atoms with Crippen LogP contribution in [-0.4, -0.2) is 53.6 Å². The van der Waals surface area contributed by atoms with Crippen molar-refractivity contribution in [2.24, 2.45) is 0 Å². The van der Waals surface area contributed by atoms with Crippen LogP contribution in [0.15, 0.2) is 54.9 Å². The van der Waals surface area contributed by atoms with Crippen LogP contribution in [0.2, 0.25) is 0 Å². The van der Waals surface area contributed by atoms with E-state index in [2.05, 4.69) is 20.9 Å². The van der Waals surface area contributed by atoms with E-state index in [4.69, 9.17) is 4.74 Å². The van der Waals surface area contributed by atoms with E-state index in [1.807, 2.05) is 17.0 Å². The Bertz CT molecular complexity index is 1200. The number of benzene rings is 2. The van der Waals surface area contributed by atoms with E-state index in [1.165, 1.54) is 18.1 Å². The zero-order valence-electron chi connectivity index (χ0n) is 18.3. The molecule has 168 valence electrons. The van der Waals surface area contributed by atoms with Crippen LogP contribution in [0, 0.1) is 5.82 Å². The Labute approximate surface area is 192 Å². The molecule has 1 saturated heterocycles. The monoisotopic (exact) mass is 444 g/mol. The summed E-state index contributed by atoms with van der Waals surface area (Å²) in [5.74, 6) is 0.322. The van der Waals surface area contributed by atoms with E-state index in [0.29, 0.717) is 48.9 Å². The number of fused-ring (bicyclic) bond motifs is 2. The number of anilines is 2.